The van der Waals surface area contributed by atoms with Gasteiger partial charge in [-0.15, -0.1) is 0 Å². The van der Waals surface area contributed by atoms with Crippen molar-refractivity contribution in [2.75, 3.05) is 11.5 Å². The summed E-state index contributed by atoms with van der Waals surface area (Å²) in [5.41, 5.74) is -1.34. The fraction of sp³-hybridized carbons (Fsp3) is 0.556. The summed E-state index contributed by atoms with van der Waals surface area (Å²) in [5, 5.41) is -0.141. The van der Waals surface area contributed by atoms with Crippen molar-refractivity contribution < 1.29 is 8.42 Å². The second-order valence-electron chi connectivity index (χ2n) is 3.58. The molecule has 0 bridgehead atoms. The van der Waals surface area contributed by atoms with E-state index in [4.69, 9.17) is 11.6 Å². The third-order valence-electron chi connectivity index (χ3n) is 2.13. The highest BCUT2D eigenvalue weighted by Gasteiger charge is 2.10. The quantitative estimate of drug-likeness (QED) is 0.823. The van der Waals surface area contributed by atoms with Gasteiger partial charge in [0.15, 0.2) is 9.84 Å². The molecule has 17 heavy (non-hydrogen) atoms. The molecule has 6 nitrogen and oxygen atoms in total. The highest BCUT2D eigenvalue weighted by molar-refractivity contribution is 7.91. The van der Waals surface area contributed by atoms with Crippen LogP contribution in [0.3, 0.4) is 0 Å². The van der Waals surface area contributed by atoms with Crippen LogP contribution >= 0.6 is 11.6 Å². The van der Waals surface area contributed by atoms with Crippen LogP contribution in [0.25, 0.3) is 0 Å². The Kier molecular flexibility index (Phi) is 4.53. The number of aromatic amines is 1. The van der Waals surface area contributed by atoms with E-state index >= 15 is 0 Å². The Morgan fingerprint density at radius 3 is 2.59 bits per heavy atom. The molecule has 0 aliphatic heterocycles. The number of sulfone groups is 1. The first-order valence-electron chi connectivity index (χ1n) is 5.05. The molecule has 0 aliphatic rings. The topological polar surface area (TPSA) is 89.0 Å². The van der Waals surface area contributed by atoms with Crippen LogP contribution in [0.2, 0.25) is 5.02 Å². The van der Waals surface area contributed by atoms with Crippen molar-refractivity contribution in [1.82, 2.24) is 9.55 Å². The number of hydrogen-bond donors (Lipinski definition) is 1. The second-order valence-corrected chi connectivity index (χ2v) is 6.29. The molecule has 0 spiro atoms. The maximum Gasteiger partial charge on any atom is 0.328 e. The Hall–Kier alpha value is -1.08. The lowest BCUT2D eigenvalue weighted by molar-refractivity contribution is 0.584. The van der Waals surface area contributed by atoms with Crippen LogP contribution in [-0.4, -0.2) is 29.5 Å². The van der Waals surface area contributed by atoms with E-state index in [2.05, 4.69) is 0 Å². The molecule has 1 aromatic heterocycles. The minimum Gasteiger partial charge on any atom is -0.298 e. The predicted molar refractivity (Wildman–Crippen MR) is 65.3 cm³/mol. The molecule has 0 saturated heterocycles. The fourth-order valence-electron chi connectivity index (χ4n) is 1.30. The second kappa shape index (κ2) is 5.50. The highest BCUT2D eigenvalue weighted by atomic mass is 35.5. The molecule has 0 unspecified atom stereocenters. The maximum atomic E-state index is 11.4. The molecule has 1 heterocycles. The van der Waals surface area contributed by atoms with E-state index in [1.807, 2.05) is 4.98 Å². The summed E-state index contributed by atoms with van der Waals surface area (Å²) in [7, 11) is -3.16. The number of hydrogen-bond acceptors (Lipinski definition) is 4. The number of aromatic nitrogens is 2. The lowest BCUT2D eigenvalue weighted by Crippen LogP contribution is -2.31. The Morgan fingerprint density at radius 2 is 2.00 bits per heavy atom. The van der Waals surface area contributed by atoms with E-state index in [0.717, 1.165) is 10.8 Å². The van der Waals surface area contributed by atoms with Gasteiger partial charge in [0.05, 0.1) is 5.75 Å². The molecular weight excluding hydrogens is 268 g/mol. The molecule has 8 heteroatoms. The molecule has 0 fully saturated rings. The van der Waals surface area contributed by atoms with Crippen molar-refractivity contribution >= 4 is 21.4 Å². The van der Waals surface area contributed by atoms with Crippen molar-refractivity contribution in [2.24, 2.45) is 0 Å². The number of nitrogens with zero attached hydrogens (tertiary/aromatic N) is 1. The van der Waals surface area contributed by atoms with Crippen molar-refractivity contribution in [3.63, 3.8) is 0 Å². The molecule has 1 aromatic rings. The van der Waals surface area contributed by atoms with Crippen LogP contribution in [0.1, 0.15) is 13.3 Å². The maximum absolute atomic E-state index is 11.4. The lowest BCUT2D eigenvalue weighted by atomic mass is 10.6. The first-order chi connectivity index (χ1) is 7.85. The summed E-state index contributed by atoms with van der Waals surface area (Å²) < 4.78 is 24.0. The smallest absolute Gasteiger partial charge is 0.298 e. The zero-order valence-corrected chi connectivity index (χ0v) is 10.8. The van der Waals surface area contributed by atoms with E-state index in [0.29, 0.717) is 6.42 Å². The number of rotatable bonds is 5. The van der Waals surface area contributed by atoms with Crippen molar-refractivity contribution in [3.8, 4) is 0 Å². The van der Waals surface area contributed by atoms with Crippen LogP contribution in [0.15, 0.2) is 15.8 Å². The zero-order chi connectivity index (χ0) is 13.1. The molecule has 0 atom stereocenters. The normalized spacial score (nSPS) is 11.6. The molecule has 96 valence electrons. The standard InChI is InChI=1S/C9H13ClN2O4S/c1-2-4-17(15,16)5-3-12-6-7(10)8(13)11-9(12)14/h6H,2-5H2,1H3,(H,11,13,14). The van der Waals surface area contributed by atoms with E-state index in [1.54, 1.807) is 6.92 Å². The Labute approximate surface area is 103 Å². The van der Waals surface area contributed by atoms with Crippen molar-refractivity contribution in [2.45, 2.75) is 19.9 Å². The van der Waals surface area contributed by atoms with Gasteiger partial charge in [-0.05, 0) is 6.42 Å². The third-order valence-corrected chi connectivity index (χ3v) is 4.23. The number of aryl methyl sites for hydroxylation is 1. The van der Waals surface area contributed by atoms with Crippen LogP contribution in [0.4, 0.5) is 0 Å². The van der Waals surface area contributed by atoms with Crippen LogP contribution in [0, 0.1) is 0 Å². The molecule has 0 amide bonds. The SMILES string of the molecule is CCCS(=O)(=O)CCn1cc(Cl)c(=O)[nH]c1=O. The highest BCUT2D eigenvalue weighted by Crippen LogP contribution is 1.98. The summed E-state index contributed by atoms with van der Waals surface area (Å²) in [5.74, 6) is -0.0675. The molecule has 1 N–H and O–H groups in total. The molecule has 0 aliphatic carbocycles. The Balaban J connectivity index is 2.88. The van der Waals surface area contributed by atoms with Gasteiger partial charge in [0.25, 0.3) is 5.56 Å². The van der Waals surface area contributed by atoms with E-state index in [-0.39, 0.29) is 23.1 Å². The van der Waals surface area contributed by atoms with Crippen LogP contribution in [0.5, 0.6) is 0 Å². The Morgan fingerprint density at radius 1 is 1.35 bits per heavy atom. The summed E-state index contributed by atoms with van der Waals surface area (Å²) in [6, 6.07) is 0. The summed E-state index contributed by atoms with van der Waals surface area (Å²) >= 11 is 5.54. The van der Waals surface area contributed by atoms with Crippen LogP contribution < -0.4 is 11.2 Å². The van der Waals surface area contributed by atoms with E-state index in [1.165, 1.54) is 0 Å². The number of halogens is 1. The van der Waals surface area contributed by atoms with E-state index < -0.39 is 21.1 Å². The summed E-state index contributed by atoms with van der Waals surface area (Å²) in [6.45, 7) is 1.75. The fourth-order valence-corrected chi connectivity index (χ4v) is 2.77. The average molecular weight is 281 g/mol. The van der Waals surface area contributed by atoms with Gasteiger partial charge in [0.1, 0.15) is 5.02 Å². The Bertz CT molecular complexity index is 602. The van der Waals surface area contributed by atoms with Crippen molar-refractivity contribution in [3.05, 3.63) is 32.1 Å². The lowest BCUT2D eigenvalue weighted by Gasteiger charge is -2.05. The first kappa shape index (κ1) is 14.0. The van der Waals surface area contributed by atoms with Gasteiger partial charge in [0.2, 0.25) is 0 Å². The van der Waals surface area contributed by atoms with Gasteiger partial charge in [-0.3, -0.25) is 14.3 Å². The predicted octanol–water partition coefficient (Wildman–Crippen LogP) is 0.0148. The number of nitrogens with one attached hydrogen (secondary N) is 1. The van der Waals surface area contributed by atoms with E-state index in [9.17, 15) is 18.0 Å². The van der Waals surface area contributed by atoms with Crippen LogP contribution in [-0.2, 0) is 16.4 Å². The molecule has 0 aromatic carbocycles. The minimum absolute atomic E-state index is 0.0162. The summed E-state index contributed by atoms with van der Waals surface area (Å²) in [6.07, 6.45) is 1.67. The van der Waals surface area contributed by atoms with Gasteiger partial charge in [0, 0.05) is 18.5 Å². The third kappa shape index (κ3) is 4.01. The van der Waals surface area contributed by atoms with Gasteiger partial charge in [-0.25, -0.2) is 13.2 Å². The van der Waals surface area contributed by atoms with Gasteiger partial charge in [-0.1, -0.05) is 18.5 Å². The molecule has 0 radical (unpaired) electrons. The molecular formula is C9H13ClN2O4S. The zero-order valence-electron chi connectivity index (χ0n) is 9.27. The van der Waals surface area contributed by atoms with Gasteiger partial charge < -0.3 is 0 Å². The number of H-pyrrole nitrogens is 1. The average Bonchev–Trinajstić information content (AvgIpc) is 2.21. The molecule has 1 rings (SSSR count). The molecule has 0 saturated carbocycles. The minimum atomic E-state index is -3.16. The largest absolute Gasteiger partial charge is 0.328 e. The van der Waals surface area contributed by atoms with Crippen molar-refractivity contribution in [1.29, 1.82) is 0 Å². The van der Waals surface area contributed by atoms with Gasteiger partial charge >= 0.3 is 5.69 Å². The monoisotopic (exact) mass is 280 g/mol. The summed E-state index contributed by atoms with van der Waals surface area (Å²) in [4.78, 5) is 24.3. The first-order valence-corrected chi connectivity index (χ1v) is 7.25. The van der Waals surface area contributed by atoms with Gasteiger partial charge in [-0.2, -0.15) is 0 Å².